The van der Waals surface area contributed by atoms with Crippen LogP contribution in [0.1, 0.15) is 22.8 Å². The summed E-state index contributed by atoms with van der Waals surface area (Å²) in [6.45, 7) is 1.85. The van der Waals surface area contributed by atoms with Gasteiger partial charge in [0.1, 0.15) is 11.4 Å². The van der Waals surface area contributed by atoms with Gasteiger partial charge in [-0.3, -0.25) is 0 Å². The van der Waals surface area contributed by atoms with E-state index in [1.165, 1.54) is 0 Å². The van der Waals surface area contributed by atoms with Gasteiger partial charge in [0.05, 0.1) is 17.3 Å². The number of halogens is 2. The molecule has 0 amide bonds. The number of aromatic nitrogens is 4. The number of benzene rings is 1. The zero-order chi connectivity index (χ0) is 19.0. The molecule has 0 radical (unpaired) electrons. The molecule has 3 heterocycles. The van der Waals surface area contributed by atoms with Crippen LogP contribution in [0.4, 0.5) is 10.2 Å². The number of nitrogens with zero attached hydrogens (tertiary/aromatic N) is 3. The SMILES string of the molecule is C[C@H](Nc1nc(-c2c[nH]c3ncc(Cl)cc23)ncc1F)c1cccc(O)c1.[HH].[HH].[HH]. The lowest BCUT2D eigenvalue weighted by atomic mass is 10.1. The maximum absolute atomic E-state index is 14.3. The molecule has 8 heteroatoms. The first-order valence-electron chi connectivity index (χ1n) is 8.22. The van der Waals surface area contributed by atoms with Crippen molar-refractivity contribution < 1.29 is 13.8 Å². The largest absolute Gasteiger partial charge is 0.508 e. The smallest absolute Gasteiger partial charge is 0.183 e. The lowest BCUT2D eigenvalue weighted by molar-refractivity contribution is 0.474. The Bertz CT molecular complexity index is 1140. The van der Waals surface area contributed by atoms with Gasteiger partial charge in [0.25, 0.3) is 0 Å². The zero-order valence-electron chi connectivity index (χ0n) is 14.2. The summed E-state index contributed by atoms with van der Waals surface area (Å²) in [6.07, 6.45) is 4.37. The van der Waals surface area contributed by atoms with Crippen LogP contribution in [0, 0.1) is 5.82 Å². The summed E-state index contributed by atoms with van der Waals surface area (Å²) >= 11 is 6.03. The number of hydrogen-bond donors (Lipinski definition) is 3. The number of nitrogens with one attached hydrogen (secondary N) is 2. The van der Waals surface area contributed by atoms with Gasteiger partial charge in [-0.15, -0.1) is 0 Å². The van der Waals surface area contributed by atoms with Crippen molar-refractivity contribution in [2.75, 3.05) is 5.32 Å². The fourth-order valence-electron chi connectivity index (χ4n) is 2.84. The van der Waals surface area contributed by atoms with Gasteiger partial charge in [0, 0.05) is 27.6 Å². The molecular formula is C19H21ClFN5O. The zero-order valence-corrected chi connectivity index (χ0v) is 15.0. The highest BCUT2D eigenvalue weighted by Crippen LogP contribution is 2.29. The van der Waals surface area contributed by atoms with Crippen LogP contribution in [0.15, 0.2) is 48.9 Å². The van der Waals surface area contributed by atoms with E-state index in [9.17, 15) is 9.50 Å². The van der Waals surface area contributed by atoms with Crippen LogP contribution in [-0.2, 0) is 0 Å². The number of aromatic amines is 1. The molecule has 0 aliphatic rings. The predicted molar refractivity (Wildman–Crippen MR) is 109 cm³/mol. The van der Waals surface area contributed by atoms with Crippen LogP contribution in [-0.4, -0.2) is 25.0 Å². The highest BCUT2D eigenvalue weighted by molar-refractivity contribution is 6.31. The number of pyridine rings is 1. The molecule has 0 saturated carbocycles. The quantitative estimate of drug-likeness (QED) is 0.433. The summed E-state index contributed by atoms with van der Waals surface area (Å²) in [4.78, 5) is 15.7. The Balaban J connectivity index is 0.00000150. The van der Waals surface area contributed by atoms with E-state index >= 15 is 0 Å². The molecule has 6 nitrogen and oxygen atoms in total. The second-order valence-corrected chi connectivity index (χ2v) is 6.54. The van der Waals surface area contributed by atoms with E-state index < -0.39 is 5.82 Å². The summed E-state index contributed by atoms with van der Waals surface area (Å²) in [7, 11) is 0. The third-order valence-corrected chi connectivity index (χ3v) is 4.41. The first-order chi connectivity index (χ1) is 13.0. The van der Waals surface area contributed by atoms with Gasteiger partial charge in [-0.2, -0.15) is 0 Å². The van der Waals surface area contributed by atoms with Crippen molar-refractivity contribution in [2.24, 2.45) is 0 Å². The summed E-state index contributed by atoms with van der Waals surface area (Å²) < 4.78 is 14.3. The number of hydrogen-bond acceptors (Lipinski definition) is 5. The Labute approximate surface area is 163 Å². The van der Waals surface area contributed by atoms with Crippen molar-refractivity contribution in [2.45, 2.75) is 13.0 Å². The number of rotatable bonds is 4. The van der Waals surface area contributed by atoms with E-state index in [0.29, 0.717) is 22.1 Å². The molecule has 142 valence electrons. The van der Waals surface area contributed by atoms with Crippen molar-refractivity contribution in [3.8, 4) is 17.1 Å². The van der Waals surface area contributed by atoms with Gasteiger partial charge < -0.3 is 15.4 Å². The van der Waals surface area contributed by atoms with Crippen molar-refractivity contribution in [1.82, 2.24) is 19.9 Å². The van der Waals surface area contributed by atoms with Crippen molar-refractivity contribution in [3.05, 3.63) is 65.3 Å². The topological polar surface area (TPSA) is 86.7 Å². The molecule has 0 aliphatic carbocycles. The average molecular weight is 390 g/mol. The number of fused-ring (bicyclic) bond motifs is 1. The number of phenols is 1. The summed E-state index contributed by atoms with van der Waals surface area (Å²) in [5.41, 5.74) is 2.12. The molecular weight excluding hydrogens is 369 g/mol. The Morgan fingerprint density at radius 2 is 2.11 bits per heavy atom. The molecule has 0 spiro atoms. The highest BCUT2D eigenvalue weighted by atomic mass is 35.5. The van der Waals surface area contributed by atoms with Crippen LogP contribution in [0.5, 0.6) is 5.75 Å². The summed E-state index contributed by atoms with van der Waals surface area (Å²) in [6, 6.07) is 8.25. The number of H-pyrrole nitrogens is 1. The maximum atomic E-state index is 14.3. The molecule has 27 heavy (non-hydrogen) atoms. The minimum Gasteiger partial charge on any atom is -0.508 e. The number of anilines is 1. The molecule has 0 bridgehead atoms. The minimum absolute atomic E-state index is 0. The Hall–Kier alpha value is -3.19. The lowest BCUT2D eigenvalue weighted by Gasteiger charge is -2.16. The van der Waals surface area contributed by atoms with E-state index in [1.807, 2.05) is 13.0 Å². The Kier molecular flexibility index (Phi) is 4.37. The molecule has 1 atom stereocenters. The van der Waals surface area contributed by atoms with Gasteiger partial charge in [-0.1, -0.05) is 23.7 Å². The fraction of sp³-hybridized carbons (Fsp3) is 0.105. The monoisotopic (exact) mass is 389 g/mol. The highest BCUT2D eigenvalue weighted by Gasteiger charge is 2.15. The minimum atomic E-state index is -0.568. The molecule has 0 aliphatic heterocycles. The second-order valence-electron chi connectivity index (χ2n) is 6.10. The van der Waals surface area contributed by atoms with Crippen LogP contribution in [0.3, 0.4) is 0 Å². The van der Waals surface area contributed by atoms with Gasteiger partial charge in [0.15, 0.2) is 17.5 Å². The standard InChI is InChI=1S/C19H15ClFN5O.3H2/c1-10(11-3-2-4-13(27)5-11)25-19-16(21)9-24-18(26-19)15-8-23-17-14(15)6-12(20)7-22-17;;;/h2-10,27H,1H3,(H,22,23)(H,24,25,26);3*1H/t10-;;;/m0.../s1. The first kappa shape index (κ1) is 17.2. The summed E-state index contributed by atoms with van der Waals surface area (Å²) in [5.74, 6) is -0.00701. The number of phenolic OH excluding ortho intramolecular Hbond substituents is 1. The molecule has 4 rings (SSSR count). The normalized spacial score (nSPS) is 12.3. The van der Waals surface area contributed by atoms with Crippen LogP contribution >= 0.6 is 11.6 Å². The van der Waals surface area contributed by atoms with Crippen LogP contribution < -0.4 is 5.32 Å². The average Bonchev–Trinajstić information content (AvgIpc) is 3.06. The van der Waals surface area contributed by atoms with Gasteiger partial charge in [-0.25, -0.2) is 19.3 Å². The van der Waals surface area contributed by atoms with E-state index in [0.717, 1.165) is 17.1 Å². The third-order valence-electron chi connectivity index (χ3n) is 4.21. The third kappa shape index (κ3) is 3.41. The number of aromatic hydroxyl groups is 1. The van der Waals surface area contributed by atoms with E-state index in [1.54, 1.807) is 36.7 Å². The van der Waals surface area contributed by atoms with E-state index in [2.05, 4.69) is 25.3 Å². The molecule has 1 aromatic carbocycles. The molecule has 4 aromatic rings. The Morgan fingerprint density at radius 3 is 2.93 bits per heavy atom. The molecule has 3 aromatic heterocycles. The molecule has 3 N–H and O–H groups in total. The van der Waals surface area contributed by atoms with Crippen molar-refractivity contribution in [3.63, 3.8) is 0 Å². The van der Waals surface area contributed by atoms with Gasteiger partial charge in [0.2, 0.25) is 0 Å². The van der Waals surface area contributed by atoms with Crippen molar-refractivity contribution >= 4 is 28.5 Å². The Morgan fingerprint density at radius 1 is 1.26 bits per heavy atom. The lowest BCUT2D eigenvalue weighted by Crippen LogP contribution is -2.10. The van der Waals surface area contributed by atoms with Gasteiger partial charge >= 0.3 is 0 Å². The molecule has 0 unspecified atom stereocenters. The van der Waals surface area contributed by atoms with Crippen molar-refractivity contribution in [1.29, 1.82) is 0 Å². The second kappa shape index (κ2) is 6.85. The first-order valence-corrected chi connectivity index (χ1v) is 8.60. The fourth-order valence-corrected chi connectivity index (χ4v) is 3.00. The van der Waals surface area contributed by atoms with E-state index in [-0.39, 0.29) is 21.9 Å². The van der Waals surface area contributed by atoms with Crippen LogP contribution in [0.2, 0.25) is 5.02 Å². The summed E-state index contributed by atoms with van der Waals surface area (Å²) in [5, 5.41) is 13.9. The maximum Gasteiger partial charge on any atom is 0.183 e. The predicted octanol–water partition coefficient (Wildman–Crippen LogP) is 5.43. The molecule has 0 saturated heterocycles. The van der Waals surface area contributed by atoms with Crippen LogP contribution in [0.25, 0.3) is 22.4 Å². The van der Waals surface area contributed by atoms with E-state index in [4.69, 9.17) is 11.6 Å². The molecule has 0 fully saturated rings. The van der Waals surface area contributed by atoms with Gasteiger partial charge in [-0.05, 0) is 30.7 Å².